The van der Waals surface area contributed by atoms with Gasteiger partial charge in [-0.3, -0.25) is 4.79 Å². The maximum Gasteiger partial charge on any atom is 0.284 e. The Morgan fingerprint density at radius 3 is 2.87 bits per heavy atom. The lowest BCUT2D eigenvalue weighted by atomic mass is 10.2. The minimum absolute atomic E-state index is 0.000467. The van der Waals surface area contributed by atoms with Crippen molar-refractivity contribution in [3.05, 3.63) is 41.7 Å². The summed E-state index contributed by atoms with van der Waals surface area (Å²) < 4.78 is 9.60. The predicted molar refractivity (Wildman–Crippen MR) is 47.8 cm³/mol. The van der Waals surface area contributed by atoms with E-state index in [0.29, 0.717) is 5.56 Å². The molecule has 0 spiro atoms. The Labute approximate surface area is 84.3 Å². The largest absolute Gasteiger partial charge is 0.453 e. The van der Waals surface area contributed by atoms with Gasteiger partial charge in [-0.15, -0.1) is 0 Å². The summed E-state index contributed by atoms with van der Waals surface area (Å²) in [5, 5.41) is 13.2. The maximum atomic E-state index is 10.7. The molecule has 2 heterocycles. The normalized spacial score (nSPS) is 12.6. The van der Waals surface area contributed by atoms with Crippen LogP contribution in [0.15, 0.2) is 33.5 Å². The van der Waals surface area contributed by atoms with Gasteiger partial charge in [-0.05, 0) is 12.1 Å². The molecule has 0 fully saturated rings. The smallest absolute Gasteiger partial charge is 0.284 e. The summed E-state index contributed by atoms with van der Waals surface area (Å²) in [5.41, 5.74) is 5.45. The zero-order chi connectivity index (χ0) is 10.8. The maximum absolute atomic E-state index is 10.7. The monoisotopic (exact) mass is 208 g/mol. The molecule has 0 aromatic carbocycles. The van der Waals surface area contributed by atoms with Crippen molar-refractivity contribution >= 4 is 5.91 Å². The molecule has 2 aromatic heterocycles. The summed E-state index contributed by atoms with van der Waals surface area (Å²) in [7, 11) is 0. The molecule has 3 N–H and O–H groups in total. The van der Waals surface area contributed by atoms with Gasteiger partial charge in [-0.25, -0.2) is 0 Å². The number of hydrogen-bond donors (Lipinski definition) is 2. The minimum Gasteiger partial charge on any atom is -0.453 e. The van der Waals surface area contributed by atoms with Gasteiger partial charge >= 0.3 is 0 Å². The number of carbonyl (C=O) groups excluding carboxylic acids is 1. The molecule has 0 radical (unpaired) electrons. The van der Waals surface area contributed by atoms with E-state index in [4.69, 9.17) is 10.2 Å². The van der Waals surface area contributed by atoms with Crippen LogP contribution in [0.5, 0.6) is 0 Å². The summed E-state index contributed by atoms with van der Waals surface area (Å²) in [4.78, 5) is 10.7. The van der Waals surface area contributed by atoms with E-state index in [-0.39, 0.29) is 11.5 Å². The molecule has 1 amide bonds. The Balaban J connectivity index is 2.26. The number of hydrogen-bond acceptors (Lipinski definition) is 5. The first kappa shape index (κ1) is 9.47. The first-order valence-corrected chi connectivity index (χ1v) is 4.15. The van der Waals surface area contributed by atoms with Crippen molar-refractivity contribution in [2.45, 2.75) is 6.10 Å². The minimum atomic E-state index is -1.01. The van der Waals surface area contributed by atoms with Crippen molar-refractivity contribution in [3.63, 3.8) is 0 Å². The van der Waals surface area contributed by atoms with Crippen molar-refractivity contribution in [1.29, 1.82) is 0 Å². The van der Waals surface area contributed by atoms with Gasteiger partial charge in [0.05, 0.1) is 6.20 Å². The van der Waals surface area contributed by atoms with E-state index in [1.165, 1.54) is 24.6 Å². The lowest BCUT2D eigenvalue weighted by molar-refractivity contribution is 0.0966. The molecule has 0 aliphatic carbocycles. The highest BCUT2D eigenvalue weighted by atomic mass is 16.5. The molecule has 0 bridgehead atoms. The van der Waals surface area contributed by atoms with Gasteiger partial charge < -0.3 is 19.8 Å². The molecule has 0 aliphatic rings. The quantitative estimate of drug-likeness (QED) is 0.762. The molecular formula is C9H8N2O4. The third kappa shape index (κ3) is 1.75. The number of primary amides is 1. The molecule has 6 heteroatoms. The summed E-state index contributed by atoms with van der Waals surface area (Å²) in [6.45, 7) is 0. The summed E-state index contributed by atoms with van der Waals surface area (Å²) in [5.74, 6) is -0.466. The van der Waals surface area contributed by atoms with E-state index in [9.17, 15) is 9.90 Å². The molecule has 15 heavy (non-hydrogen) atoms. The van der Waals surface area contributed by atoms with Crippen molar-refractivity contribution < 1.29 is 18.8 Å². The Hall–Kier alpha value is -2.08. The Kier molecular flexibility index (Phi) is 2.26. The van der Waals surface area contributed by atoms with Crippen LogP contribution in [-0.2, 0) is 0 Å². The van der Waals surface area contributed by atoms with Crippen LogP contribution < -0.4 is 5.73 Å². The average Bonchev–Trinajstić information content (AvgIpc) is 2.88. The van der Waals surface area contributed by atoms with Crippen molar-refractivity contribution in [2.75, 3.05) is 0 Å². The van der Waals surface area contributed by atoms with Crippen LogP contribution in [0.2, 0.25) is 0 Å². The molecule has 2 aromatic rings. The van der Waals surface area contributed by atoms with E-state index in [0.717, 1.165) is 0 Å². The Morgan fingerprint density at radius 2 is 2.33 bits per heavy atom. The number of nitrogens with zero attached hydrogens (tertiary/aromatic N) is 1. The van der Waals surface area contributed by atoms with Crippen LogP contribution in [0.4, 0.5) is 0 Å². The second-order valence-electron chi connectivity index (χ2n) is 2.93. The Bertz CT molecular complexity index is 460. The number of aliphatic hydroxyl groups excluding tert-OH is 1. The molecule has 6 nitrogen and oxygen atoms in total. The zero-order valence-corrected chi connectivity index (χ0v) is 7.58. The van der Waals surface area contributed by atoms with Gasteiger partial charge in [0.1, 0.15) is 18.1 Å². The third-order valence-corrected chi connectivity index (χ3v) is 1.91. The number of rotatable bonds is 3. The lowest BCUT2D eigenvalue weighted by Gasteiger charge is -2.02. The number of aromatic nitrogens is 1. The molecule has 1 atom stereocenters. The second-order valence-corrected chi connectivity index (χ2v) is 2.93. The van der Waals surface area contributed by atoms with Gasteiger partial charge in [0.2, 0.25) is 0 Å². The highest BCUT2D eigenvalue weighted by Crippen LogP contribution is 2.23. The van der Waals surface area contributed by atoms with E-state index >= 15 is 0 Å². The number of furan rings is 1. The molecular weight excluding hydrogens is 200 g/mol. The van der Waals surface area contributed by atoms with Gasteiger partial charge in [0.15, 0.2) is 5.76 Å². The van der Waals surface area contributed by atoms with E-state index in [2.05, 4.69) is 9.68 Å². The highest BCUT2D eigenvalue weighted by molar-refractivity contribution is 5.89. The van der Waals surface area contributed by atoms with Crippen LogP contribution in [0.1, 0.15) is 28.0 Å². The number of nitrogens with two attached hydrogens (primary N) is 1. The predicted octanol–water partition coefficient (Wildman–Crippen LogP) is 0.448. The van der Waals surface area contributed by atoms with Crippen LogP contribution in [0.3, 0.4) is 0 Å². The molecule has 2 rings (SSSR count). The Morgan fingerprint density at radius 1 is 1.53 bits per heavy atom. The number of carbonyl (C=O) groups is 1. The van der Waals surface area contributed by atoms with Gasteiger partial charge in [0, 0.05) is 5.56 Å². The van der Waals surface area contributed by atoms with Crippen LogP contribution in [0.25, 0.3) is 0 Å². The average molecular weight is 208 g/mol. The second kappa shape index (κ2) is 3.58. The van der Waals surface area contributed by atoms with Crippen LogP contribution >= 0.6 is 0 Å². The van der Waals surface area contributed by atoms with Crippen molar-refractivity contribution in [2.24, 2.45) is 5.73 Å². The van der Waals surface area contributed by atoms with Crippen molar-refractivity contribution in [3.8, 4) is 0 Å². The standard InChI is InChI=1S/C9H8N2O4/c10-9(13)7-2-1-6(15-7)8(12)5-3-11-14-4-5/h1-4,8,12H,(H2,10,13). The first-order valence-electron chi connectivity index (χ1n) is 4.15. The molecule has 1 unspecified atom stereocenters. The topological polar surface area (TPSA) is 102 Å². The van der Waals surface area contributed by atoms with Crippen LogP contribution in [0, 0.1) is 0 Å². The molecule has 0 saturated carbocycles. The van der Waals surface area contributed by atoms with Crippen LogP contribution in [-0.4, -0.2) is 16.2 Å². The lowest BCUT2D eigenvalue weighted by Crippen LogP contribution is -2.09. The zero-order valence-electron chi connectivity index (χ0n) is 7.58. The summed E-state index contributed by atoms with van der Waals surface area (Å²) >= 11 is 0. The number of aliphatic hydroxyl groups is 1. The fraction of sp³-hybridized carbons (Fsp3) is 0.111. The fourth-order valence-electron chi connectivity index (χ4n) is 1.14. The van der Waals surface area contributed by atoms with Gasteiger partial charge in [-0.1, -0.05) is 5.16 Å². The van der Waals surface area contributed by atoms with E-state index in [1.807, 2.05) is 0 Å². The molecule has 0 aliphatic heterocycles. The van der Waals surface area contributed by atoms with E-state index in [1.54, 1.807) is 0 Å². The summed E-state index contributed by atoms with van der Waals surface area (Å²) in [6, 6.07) is 2.87. The fourth-order valence-corrected chi connectivity index (χ4v) is 1.14. The van der Waals surface area contributed by atoms with Crippen molar-refractivity contribution in [1.82, 2.24) is 5.16 Å². The van der Waals surface area contributed by atoms with Gasteiger partial charge in [-0.2, -0.15) is 0 Å². The molecule has 78 valence electrons. The third-order valence-electron chi connectivity index (χ3n) is 1.91. The highest BCUT2D eigenvalue weighted by Gasteiger charge is 2.17. The van der Waals surface area contributed by atoms with E-state index < -0.39 is 12.0 Å². The molecule has 0 saturated heterocycles. The number of amides is 1. The summed E-state index contributed by atoms with van der Waals surface area (Å²) in [6.07, 6.45) is 1.64. The van der Waals surface area contributed by atoms with Gasteiger partial charge in [0.25, 0.3) is 5.91 Å². The first-order chi connectivity index (χ1) is 7.18. The SMILES string of the molecule is NC(=O)c1ccc(C(O)c2cnoc2)o1.